The van der Waals surface area contributed by atoms with E-state index in [4.69, 9.17) is 0 Å². The molecule has 0 radical (unpaired) electrons. The Hall–Kier alpha value is -1.78. The van der Waals surface area contributed by atoms with E-state index < -0.39 is 0 Å². The molecule has 0 aliphatic heterocycles. The van der Waals surface area contributed by atoms with E-state index >= 15 is 0 Å². The summed E-state index contributed by atoms with van der Waals surface area (Å²) in [6.07, 6.45) is 0. The molecular weight excluding hydrogens is 378 g/mol. The second-order valence-electron chi connectivity index (χ2n) is 5.84. The maximum Gasteiger partial charge on any atom is 0.194 e. The number of nitrogens with zero attached hydrogens (tertiary/aromatic N) is 1. The van der Waals surface area contributed by atoms with Gasteiger partial charge in [-0.05, 0) is 37.3 Å². The molecule has 0 amide bonds. The van der Waals surface area contributed by atoms with Crippen molar-refractivity contribution >= 4 is 27.5 Å². The molecule has 0 N–H and O–H groups in total. The highest BCUT2D eigenvalue weighted by molar-refractivity contribution is 9.08. The molecule has 0 aromatic heterocycles. The lowest BCUT2D eigenvalue weighted by Gasteiger charge is -2.17. The number of alkyl halides is 1. The Morgan fingerprint density at radius 2 is 1.24 bits per heavy atom. The fraction of sp³-hybridized carbons (Fsp3) is 0.333. The van der Waals surface area contributed by atoms with Crippen LogP contribution in [-0.2, 0) is 5.33 Å². The highest BCUT2D eigenvalue weighted by Crippen LogP contribution is 2.28. The van der Waals surface area contributed by atoms with Crippen LogP contribution in [0.5, 0.6) is 0 Å². The minimum absolute atomic E-state index is 0.0667. The minimum atomic E-state index is -0.0682. The Balaban J connectivity index is 0.000000277. The normalized spacial score (nSPS) is 12.4. The number of carbonyl (C=O) groups is 2. The Bertz CT molecular complexity index is 761. The van der Waals surface area contributed by atoms with Gasteiger partial charge in [0.2, 0.25) is 0 Å². The van der Waals surface area contributed by atoms with Gasteiger partial charge in [-0.15, -0.1) is 0 Å². The van der Waals surface area contributed by atoms with Gasteiger partial charge in [0, 0.05) is 27.6 Å². The molecule has 25 heavy (non-hydrogen) atoms. The zero-order valence-electron chi connectivity index (χ0n) is 15.0. The fourth-order valence-corrected chi connectivity index (χ4v) is 3.25. The van der Waals surface area contributed by atoms with E-state index in [-0.39, 0.29) is 11.6 Å². The quantitative estimate of drug-likeness (QED) is 0.594. The van der Waals surface area contributed by atoms with Crippen molar-refractivity contribution in [2.45, 2.75) is 26.1 Å². The third-order valence-corrected chi connectivity index (χ3v) is 5.13. The zero-order valence-corrected chi connectivity index (χ0v) is 16.6. The van der Waals surface area contributed by atoms with Gasteiger partial charge in [-0.3, -0.25) is 9.59 Å². The molecule has 0 fully saturated rings. The second kappa shape index (κ2) is 9.07. The summed E-state index contributed by atoms with van der Waals surface area (Å²) >= 11 is 3.36. The number of carbonyl (C=O) groups excluding carboxylic acids is 2. The maximum absolute atomic E-state index is 12.4. The molecule has 2 aromatic rings. The van der Waals surface area contributed by atoms with Crippen LogP contribution in [0.25, 0.3) is 0 Å². The van der Waals surface area contributed by atoms with Crippen LogP contribution >= 0.6 is 15.9 Å². The predicted molar refractivity (Wildman–Crippen MR) is 106 cm³/mol. The van der Waals surface area contributed by atoms with Crippen LogP contribution in [0.15, 0.2) is 42.5 Å². The number of benzene rings is 2. The molecule has 0 spiro atoms. The van der Waals surface area contributed by atoms with Crippen LogP contribution < -0.4 is 0 Å². The first-order valence-electron chi connectivity index (χ1n) is 8.66. The van der Waals surface area contributed by atoms with Crippen molar-refractivity contribution in [3.8, 4) is 0 Å². The summed E-state index contributed by atoms with van der Waals surface area (Å²) in [7, 11) is 0. The van der Waals surface area contributed by atoms with Gasteiger partial charge < -0.3 is 4.90 Å². The molecule has 132 valence electrons. The van der Waals surface area contributed by atoms with Gasteiger partial charge in [0.1, 0.15) is 0 Å². The Labute approximate surface area is 158 Å². The Morgan fingerprint density at radius 1 is 0.760 bits per heavy atom. The average Bonchev–Trinajstić information content (AvgIpc) is 2.67. The van der Waals surface area contributed by atoms with Gasteiger partial charge >= 0.3 is 0 Å². The summed E-state index contributed by atoms with van der Waals surface area (Å²) in [5, 5.41) is 0.670. The lowest BCUT2D eigenvalue weighted by Crippen LogP contribution is -2.21. The van der Waals surface area contributed by atoms with E-state index in [0.29, 0.717) is 27.6 Å². The molecule has 0 saturated carbocycles. The van der Waals surface area contributed by atoms with Crippen molar-refractivity contribution in [3.63, 3.8) is 0 Å². The van der Waals surface area contributed by atoms with Crippen molar-refractivity contribution in [2.75, 3.05) is 19.6 Å². The van der Waals surface area contributed by atoms with E-state index in [0.717, 1.165) is 5.56 Å². The number of halogens is 1. The molecule has 3 nitrogen and oxygen atoms in total. The molecule has 1 aliphatic rings. The van der Waals surface area contributed by atoms with Crippen LogP contribution in [0, 0.1) is 0 Å². The smallest absolute Gasteiger partial charge is 0.194 e. The predicted octanol–water partition coefficient (Wildman–Crippen LogP) is 4.71. The van der Waals surface area contributed by atoms with Crippen LogP contribution in [0.1, 0.15) is 58.2 Å². The summed E-state index contributed by atoms with van der Waals surface area (Å²) < 4.78 is 0. The lowest BCUT2D eigenvalue weighted by molar-refractivity contribution is 0.0979. The molecule has 2 aromatic carbocycles. The fourth-order valence-electron chi connectivity index (χ4n) is 2.90. The largest absolute Gasteiger partial charge is 0.304 e. The van der Waals surface area contributed by atoms with Crippen LogP contribution in [0.4, 0.5) is 0 Å². The standard InChI is InChI=1S/C15H9BrO2.C6H15N/c16-8-9-5-6-12-13(7-9)15(18)11-4-2-1-3-10(11)14(12)17;1-4-7(5-2)6-3/h1-7H,8H2;4-6H2,1-3H3. The van der Waals surface area contributed by atoms with Gasteiger partial charge in [-0.25, -0.2) is 0 Å². The van der Waals surface area contributed by atoms with Gasteiger partial charge in [0.15, 0.2) is 11.6 Å². The first kappa shape index (κ1) is 19.5. The molecule has 3 rings (SSSR count). The molecule has 0 bridgehead atoms. The summed E-state index contributed by atoms with van der Waals surface area (Å²) in [6, 6.07) is 12.4. The molecule has 0 unspecified atom stereocenters. The third-order valence-electron chi connectivity index (χ3n) is 4.49. The zero-order chi connectivity index (χ0) is 18.4. The maximum atomic E-state index is 12.4. The summed E-state index contributed by atoms with van der Waals surface area (Å²) in [6.45, 7) is 10.1. The van der Waals surface area contributed by atoms with Crippen molar-refractivity contribution in [2.24, 2.45) is 0 Å². The first-order chi connectivity index (χ1) is 12.1. The number of hydrogen-bond acceptors (Lipinski definition) is 3. The SMILES string of the molecule is CCN(CC)CC.O=C1c2ccccc2C(=O)c2cc(CBr)ccc21. The second-order valence-corrected chi connectivity index (χ2v) is 6.40. The minimum Gasteiger partial charge on any atom is -0.304 e. The van der Waals surface area contributed by atoms with Crippen molar-refractivity contribution < 1.29 is 9.59 Å². The third kappa shape index (κ3) is 4.25. The highest BCUT2D eigenvalue weighted by atomic mass is 79.9. The van der Waals surface area contributed by atoms with E-state index in [2.05, 4.69) is 41.6 Å². The average molecular weight is 402 g/mol. The van der Waals surface area contributed by atoms with Gasteiger partial charge in [0.25, 0.3) is 0 Å². The molecule has 1 aliphatic carbocycles. The van der Waals surface area contributed by atoms with Crippen molar-refractivity contribution in [3.05, 3.63) is 70.3 Å². The number of rotatable bonds is 4. The molecule has 0 heterocycles. The molecule has 4 heteroatoms. The number of fused-ring (bicyclic) bond motifs is 2. The van der Waals surface area contributed by atoms with Crippen molar-refractivity contribution in [1.82, 2.24) is 4.90 Å². The Morgan fingerprint density at radius 3 is 1.68 bits per heavy atom. The van der Waals surface area contributed by atoms with E-state index in [9.17, 15) is 9.59 Å². The molecule has 0 saturated heterocycles. The summed E-state index contributed by atoms with van der Waals surface area (Å²) in [4.78, 5) is 27.0. The highest BCUT2D eigenvalue weighted by Gasteiger charge is 2.29. The van der Waals surface area contributed by atoms with Gasteiger partial charge in [-0.2, -0.15) is 0 Å². The summed E-state index contributed by atoms with van der Waals surface area (Å²) in [5.41, 5.74) is 3.01. The van der Waals surface area contributed by atoms with Crippen LogP contribution in [0.3, 0.4) is 0 Å². The topological polar surface area (TPSA) is 37.4 Å². The number of ketones is 2. The first-order valence-corrected chi connectivity index (χ1v) is 9.79. The van der Waals surface area contributed by atoms with Crippen LogP contribution in [0.2, 0.25) is 0 Å². The van der Waals surface area contributed by atoms with E-state index in [1.807, 2.05) is 6.07 Å². The van der Waals surface area contributed by atoms with Gasteiger partial charge in [-0.1, -0.05) is 67.0 Å². The Kier molecular flexibility index (Phi) is 7.09. The monoisotopic (exact) mass is 401 g/mol. The van der Waals surface area contributed by atoms with Crippen LogP contribution in [-0.4, -0.2) is 36.1 Å². The van der Waals surface area contributed by atoms with Gasteiger partial charge in [0.05, 0.1) is 0 Å². The lowest BCUT2D eigenvalue weighted by atomic mass is 9.83. The van der Waals surface area contributed by atoms with Crippen molar-refractivity contribution in [1.29, 1.82) is 0 Å². The summed E-state index contributed by atoms with van der Waals surface area (Å²) in [5.74, 6) is -0.135. The molecular formula is C21H24BrNO2. The molecule has 0 atom stereocenters. The van der Waals surface area contributed by atoms with E-state index in [1.54, 1.807) is 36.4 Å². The van der Waals surface area contributed by atoms with E-state index in [1.165, 1.54) is 19.6 Å². The number of hydrogen-bond donors (Lipinski definition) is 0.